The van der Waals surface area contributed by atoms with Gasteiger partial charge in [-0.25, -0.2) is 0 Å². The molecule has 0 aromatic rings. The highest BCUT2D eigenvalue weighted by atomic mass is 32.2. The van der Waals surface area contributed by atoms with Crippen molar-refractivity contribution in [1.82, 2.24) is 0 Å². The quantitative estimate of drug-likeness (QED) is 0.719. The molecule has 1 nitrogen and oxygen atoms in total. The Morgan fingerprint density at radius 3 is 2.53 bits per heavy atom. The second-order valence-corrected chi connectivity index (χ2v) is 6.80. The van der Waals surface area contributed by atoms with E-state index in [1.807, 2.05) is 11.8 Å². The van der Waals surface area contributed by atoms with Crippen molar-refractivity contribution in [3.63, 3.8) is 0 Å². The van der Waals surface area contributed by atoms with E-state index in [4.69, 9.17) is 0 Å². The van der Waals surface area contributed by atoms with Gasteiger partial charge in [0.05, 0.1) is 0 Å². The predicted molar refractivity (Wildman–Crippen MR) is 68.0 cm³/mol. The fourth-order valence-electron chi connectivity index (χ4n) is 1.84. The summed E-state index contributed by atoms with van der Waals surface area (Å²) in [4.78, 5) is 12.5. The summed E-state index contributed by atoms with van der Waals surface area (Å²) >= 11 is 1.98. The number of ketones is 1. The van der Waals surface area contributed by atoms with Crippen LogP contribution in [0.15, 0.2) is 11.0 Å². The molecule has 1 aliphatic rings. The number of allylic oxidation sites excluding steroid dienone is 2. The van der Waals surface area contributed by atoms with Gasteiger partial charge in [0, 0.05) is 11.2 Å². The lowest BCUT2D eigenvalue weighted by atomic mass is 9.93. The minimum atomic E-state index is 0.294. The Bertz CT molecular complexity index is 280. The van der Waals surface area contributed by atoms with Crippen molar-refractivity contribution in [2.75, 3.05) is 0 Å². The van der Waals surface area contributed by atoms with Crippen LogP contribution in [0.25, 0.3) is 0 Å². The van der Waals surface area contributed by atoms with Gasteiger partial charge in [-0.3, -0.25) is 0 Å². The molecular formula is C13H22OS. The first-order chi connectivity index (χ1) is 6.85. The molecule has 0 spiro atoms. The normalized spacial score (nSPS) is 28.0. The van der Waals surface area contributed by atoms with E-state index in [0.717, 1.165) is 6.42 Å². The average Bonchev–Trinajstić information content (AvgIpc) is 2.48. The van der Waals surface area contributed by atoms with Gasteiger partial charge < -0.3 is 4.79 Å². The summed E-state index contributed by atoms with van der Waals surface area (Å²) in [7, 11) is 0. The lowest BCUT2D eigenvalue weighted by molar-refractivity contribution is -0.117. The summed E-state index contributed by atoms with van der Waals surface area (Å²) in [5.74, 6) is 1.39. The Hall–Kier alpha value is -0.240. The van der Waals surface area contributed by atoms with Crippen molar-refractivity contribution < 1.29 is 4.79 Å². The molecule has 2 heteroatoms. The largest absolute Gasteiger partial charge is 0.300 e. The Kier molecular flexibility index (Phi) is 4.05. The summed E-state index contributed by atoms with van der Waals surface area (Å²) in [5.41, 5.74) is 0. The highest BCUT2D eigenvalue weighted by molar-refractivity contribution is 8.04. The summed E-state index contributed by atoms with van der Waals surface area (Å²) in [6, 6.07) is 0. The Morgan fingerprint density at radius 1 is 1.53 bits per heavy atom. The number of thioether (sulfide) groups is 1. The van der Waals surface area contributed by atoms with Crippen molar-refractivity contribution in [3.8, 4) is 0 Å². The molecule has 1 rings (SSSR count). The molecule has 0 bridgehead atoms. The molecule has 0 amide bonds. The number of carbonyl (C=O) groups excluding carboxylic acids is 1. The van der Waals surface area contributed by atoms with E-state index in [-0.39, 0.29) is 0 Å². The van der Waals surface area contributed by atoms with Gasteiger partial charge in [0.25, 0.3) is 0 Å². The summed E-state index contributed by atoms with van der Waals surface area (Å²) in [5, 5.41) is 0. The minimum Gasteiger partial charge on any atom is -0.300 e. The van der Waals surface area contributed by atoms with E-state index >= 15 is 0 Å². The zero-order chi connectivity index (χ0) is 11.6. The molecule has 86 valence electrons. The molecule has 0 aromatic heterocycles. The van der Waals surface area contributed by atoms with E-state index in [1.165, 1.54) is 4.91 Å². The molecule has 0 aliphatic carbocycles. The molecule has 1 aliphatic heterocycles. The van der Waals surface area contributed by atoms with Crippen molar-refractivity contribution >= 4 is 17.5 Å². The highest BCUT2D eigenvalue weighted by Crippen LogP contribution is 2.49. The fraction of sp³-hybridized carbons (Fsp3) is 0.769. The van der Waals surface area contributed by atoms with Crippen LogP contribution in [-0.4, -0.2) is 10.5 Å². The van der Waals surface area contributed by atoms with E-state index in [1.54, 1.807) is 6.92 Å². The predicted octanol–water partition coefficient (Wildman–Crippen LogP) is 4.04. The lowest BCUT2D eigenvalue weighted by Crippen LogP contribution is -2.24. The van der Waals surface area contributed by atoms with Gasteiger partial charge in [0.2, 0.25) is 0 Å². The Balaban J connectivity index is 2.58. The van der Waals surface area contributed by atoms with Crippen molar-refractivity contribution in [2.45, 2.75) is 52.2 Å². The van der Waals surface area contributed by atoms with Gasteiger partial charge in [-0.1, -0.05) is 26.8 Å². The lowest BCUT2D eigenvalue weighted by Gasteiger charge is -2.29. The third kappa shape index (κ3) is 3.10. The highest BCUT2D eigenvalue weighted by Gasteiger charge is 2.35. The van der Waals surface area contributed by atoms with Gasteiger partial charge in [0.1, 0.15) is 5.78 Å². The number of hydrogen-bond donors (Lipinski definition) is 0. The Labute approximate surface area is 97.7 Å². The monoisotopic (exact) mass is 226 g/mol. The Morgan fingerprint density at radius 2 is 2.13 bits per heavy atom. The summed E-state index contributed by atoms with van der Waals surface area (Å²) in [6.07, 6.45) is 4.16. The summed E-state index contributed by atoms with van der Waals surface area (Å²) < 4.78 is 0.348. The van der Waals surface area contributed by atoms with Gasteiger partial charge in [0.15, 0.2) is 0 Å². The second kappa shape index (κ2) is 4.73. The van der Waals surface area contributed by atoms with Crippen LogP contribution in [0.4, 0.5) is 0 Å². The van der Waals surface area contributed by atoms with Crippen LogP contribution in [0.2, 0.25) is 0 Å². The second-order valence-electron chi connectivity index (χ2n) is 5.19. The zero-order valence-electron chi connectivity index (χ0n) is 10.5. The van der Waals surface area contributed by atoms with Crippen LogP contribution >= 0.6 is 11.8 Å². The third-order valence-corrected chi connectivity index (χ3v) is 5.27. The first-order valence-corrected chi connectivity index (χ1v) is 6.55. The van der Waals surface area contributed by atoms with Crippen LogP contribution < -0.4 is 0 Å². The summed E-state index contributed by atoms with van der Waals surface area (Å²) in [6.45, 7) is 10.7. The van der Waals surface area contributed by atoms with Crippen molar-refractivity contribution in [1.29, 1.82) is 0 Å². The smallest absolute Gasteiger partial charge is 0.130 e. The molecule has 0 saturated carbocycles. The number of carbonyl (C=O) groups is 1. The molecular weight excluding hydrogens is 204 g/mol. The van der Waals surface area contributed by atoms with Crippen molar-refractivity contribution in [2.24, 2.45) is 11.8 Å². The van der Waals surface area contributed by atoms with E-state index in [0.29, 0.717) is 28.8 Å². The van der Waals surface area contributed by atoms with Crippen LogP contribution in [0, 0.1) is 11.8 Å². The minimum absolute atomic E-state index is 0.294. The van der Waals surface area contributed by atoms with Crippen molar-refractivity contribution in [3.05, 3.63) is 11.0 Å². The first kappa shape index (κ1) is 12.8. The first-order valence-electron chi connectivity index (χ1n) is 5.73. The van der Waals surface area contributed by atoms with Crippen LogP contribution in [0.5, 0.6) is 0 Å². The SMILES string of the molecule is CC(=O)CC(C)C1=CCC(C)(C(C)C)S1. The standard InChI is InChI=1S/C13H22OS/c1-9(2)13(5)7-6-12(15-13)10(3)8-11(4)14/h6,9-10H,7-8H2,1-5H3. The van der Waals surface area contributed by atoms with Gasteiger partial charge >= 0.3 is 0 Å². The molecule has 0 radical (unpaired) electrons. The molecule has 2 unspecified atom stereocenters. The molecule has 0 N–H and O–H groups in total. The van der Waals surface area contributed by atoms with E-state index in [2.05, 4.69) is 33.8 Å². The molecule has 0 saturated heterocycles. The molecule has 15 heavy (non-hydrogen) atoms. The number of Topliss-reactive ketones (excluding diaryl/α,β-unsaturated/α-hetero) is 1. The van der Waals surface area contributed by atoms with Gasteiger partial charge in [-0.05, 0) is 37.0 Å². The maximum atomic E-state index is 11.1. The van der Waals surface area contributed by atoms with E-state index in [9.17, 15) is 4.79 Å². The molecule has 1 heterocycles. The maximum absolute atomic E-state index is 11.1. The maximum Gasteiger partial charge on any atom is 0.130 e. The van der Waals surface area contributed by atoms with Gasteiger partial charge in [-0.2, -0.15) is 0 Å². The fourth-order valence-corrected chi connectivity index (χ4v) is 3.23. The van der Waals surface area contributed by atoms with Crippen LogP contribution in [-0.2, 0) is 4.79 Å². The topological polar surface area (TPSA) is 17.1 Å². The number of hydrogen-bond acceptors (Lipinski definition) is 2. The van der Waals surface area contributed by atoms with Gasteiger partial charge in [-0.15, -0.1) is 11.8 Å². The molecule has 0 aromatic carbocycles. The average molecular weight is 226 g/mol. The molecule has 2 atom stereocenters. The van der Waals surface area contributed by atoms with Crippen LogP contribution in [0.1, 0.15) is 47.5 Å². The number of rotatable bonds is 4. The van der Waals surface area contributed by atoms with Crippen LogP contribution in [0.3, 0.4) is 0 Å². The zero-order valence-corrected chi connectivity index (χ0v) is 11.3. The third-order valence-electron chi connectivity index (χ3n) is 3.36. The van der Waals surface area contributed by atoms with E-state index < -0.39 is 0 Å². The molecule has 0 fully saturated rings.